The van der Waals surface area contributed by atoms with Crippen molar-refractivity contribution < 1.29 is 14.3 Å². The van der Waals surface area contributed by atoms with E-state index in [1.807, 2.05) is 7.05 Å². The third-order valence-corrected chi connectivity index (χ3v) is 5.23. The lowest BCUT2D eigenvalue weighted by Crippen LogP contribution is -2.54. The Balaban J connectivity index is 1.92. The maximum atomic E-state index is 12.2. The summed E-state index contributed by atoms with van der Waals surface area (Å²) in [4.78, 5) is 14.7. The van der Waals surface area contributed by atoms with Crippen LogP contribution in [0, 0.1) is 5.92 Å². The monoisotopic (exact) mass is 298 g/mol. The number of carbonyl (C=O) groups is 1. The summed E-state index contributed by atoms with van der Waals surface area (Å²) < 4.78 is 10.3. The highest BCUT2D eigenvalue weighted by molar-refractivity contribution is 5.81. The molecular formula is C16H30N2O3. The Morgan fingerprint density at radius 2 is 2.05 bits per heavy atom. The zero-order valence-corrected chi connectivity index (χ0v) is 13.7. The van der Waals surface area contributed by atoms with Gasteiger partial charge < -0.3 is 14.8 Å². The van der Waals surface area contributed by atoms with Crippen LogP contribution in [0.3, 0.4) is 0 Å². The minimum absolute atomic E-state index is 0.0950. The fourth-order valence-electron chi connectivity index (χ4n) is 3.80. The number of hydrogen-bond donors (Lipinski definition) is 1. The molecule has 0 spiro atoms. The maximum Gasteiger partial charge on any atom is 0.326 e. The molecule has 122 valence electrons. The lowest BCUT2D eigenvalue weighted by Gasteiger charge is -2.34. The molecule has 0 aromatic carbocycles. The van der Waals surface area contributed by atoms with Gasteiger partial charge in [0.05, 0.1) is 13.7 Å². The topological polar surface area (TPSA) is 50.8 Å². The summed E-state index contributed by atoms with van der Waals surface area (Å²) in [6.07, 6.45) is 6.77. The molecule has 0 aromatic heterocycles. The van der Waals surface area contributed by atoms with Gasteiger partial charge in [-0.25, -0.2) is 0 Å². The average molecular weight is 298 g/mol. The Hall–Kier alpha value is -0.650. The summed E-state index contributed by atoms with van der Waals surface area (Å²) in [5.41, 5.74) is -0.467. The predicted octanol–water partition coefficient (Wildman–Crippen LogP) is 1.42. The maximum absolute atomic E-state index is 12.2. The third kappa shape index (κ3) is 3.76. The smallest absolute Gasteiger partial charge is 0.326 e. The highest BCUT2D eigenvalue weighted by Crippen LogP contribution is 2.39. The van der Waals surface area contributed by atoms with Crippen molar-refractivity contribution in [3.05, 3.63) is 0 Å². The average Bonchev–Trinajstić information content (AvgIpc) is 3.26. The molecule has 2 aliphatic carbocycles. The lowest BCUT2D eigenvalue weighted by molar-refractivity contribution is -0.150. The molecule has 1 N–H and O–H groups in total. The lowest BCUT2D eigenvalue weighted by atomic mass is 9.84. The van der Waals surface area contributed by atoms with E-state index < -0.39 is 5.54 Å². The van der Waals surface area contributed by atoms with Crippen molar-refractivity contribution in [2.45, 2.75) is 50.1 Å². The van der Waals surface area contributed by atoms with Crippen LogP contribution in [0.4, 0.5) is 0 Å². The molecule has 0 bridgehead atoms. The predicted molar refractivity (Wildman–Crippen MR) is 82.2 cm³/mol. The van der Waals surface area contributed by atoms with Gasteiger partial charge in [-0.15, -0.1) is 0 Å². The molecule has 2 rings (SSSR count). The van der Waals surface area contributed by atoms with Crippen LogP contribution in [0.15, 0.2) is 0 Å². The van der Waals surface area contributed by atoms with E-state index in [0.717, 1.165) is 51.4 Å². The summed E-state index contributed by atoms with van der Waals surface area (Å²) >= 11 is 0. The summed E-state index contributed by atoms with van der Waals surface area (Å²) in [6, 6.07) is 0.740. The van der Waals surface area contributed by atoms with Crippen molar-refractivity contribution in [2.24, 2.45) is 5.92 Å². The van der Waals surface area contributed by atoms with Gasteiger partial charge in [-0.1, -0.05) is 6.42 Å². The molecule has 5 nitrogen and oxygen atoms in total. The van der Waals surface area contributed by atoms with Gasteiger partial charge in [0.2, 0.25) is 0 Å². The normalized spacial score (nSPS) is 29.0. The first-order valence-electron chi connectivity index (χ1n) is 8.18. The third-order valence-electron chi connectivity index (χ3n) is 5.23. The number of likely N-dealkylation sites (N-methyl/N-ethyl adjacent to an activating group) is 1. The van der Waals surface area contributed by atoms with Crippen LogP contribution in [0.25, 0.3) is 0 Å². The Morgan fingerprint density at radius 1 is 1.29 bits per heavy atom. The van der Waals surface area contributed by atoms with Crippen LogP contribution < -0.4 is 5.32 Å². The van der Waals surface area contributed by atoms with Crippen molar-refractivity contribution in [3.8, 4) is 0 Å². The summed E-state index contributed by atoms with van der Waals surface area (Å²) in [6.45, 7) is 2.84. The van der Waals surface area contributed by atoms with E-state index in [-0.39, 0.29) is 5.97 Å². The van der Waals surface area contributed by atoms with Crippen molar-refractivity contribution in [3.63, 3.8) is 0 Å². The second-order valence-electron chi connectivity index (χ2n) is 6.35. The minimum Gasteiger partial charge on any atom is -0.468 e. The molecule has 2 atom stereocenters. The molecule has 2 fully saturated rings. The molecule has 5 heteroatoms. The number of carbonyl (C=O) groups excluding carboxylic acids is 1. The molecule has 21 heavy (non-hydrogen) atoms. The van der Waals surface area contributed by atoms with Crippen LogP contribution in [-0.4, -0.2) is 63.4 Å². The van der Waals surface area contributed by atoms with Crippen LogP contribution >= 0.6 is 0 Å². The Bertz CT molecular complexity index is 346. The van der Waals surface area contributed by atoms with Gasteiger partial charge in [-0.05, 0) is 51.6 Å². The molecule has 0 saturated heterocycles. The summed E-state index contributed by atoms with van der Waals surface area (Å²) in [5.74, 6) is 0.279. The van der Waals surface area contributed by atoms with Crippen molar-refractivity contribution in [2.75, 3.05) is 41.0 Å². The van der Waals surface area contributed by atoms with Gasteiger partial charge in [0.1, 0.15) is 5.54 Å². The molecule has 0 aromatic rings. The second-order valence-corrected chi connectivity index (χ2v) is 6.35. The van der Waals surface area contributed by atoms with E-state index in [2.05, 4.69) is 10.2 Å². The Labute approximate surface area is 128 Å². The summed E-state index contributed by atoms with van der Waals surface area (Å²) in [5, 5.41) is 3.27. The molecule has 2 unspecified atom stereocenters. The van der Waals surface area contributed by atoms with Gasteiger partial charge in [0.25, 0.3) is 0 Å². The minimum atomic E-state index is -0.467. The fraction of sp³-hybridized carbons (Fsp3) is 0.938. The van der Waals surface area contributed by atoms with Gasteiger partial charge in [0.15, 0.2) is 0 Å². The van der Waals surface area contributed by atoms with Crippen LogP contribution in [0.5, 0.6) is 0 Å². The second kappa shape index (κ2) is 7.56. The number of rotatable bonds is 9. The largest absolute Gasteiger partial charge is 0.468 e. The highest BCUT2D eigenvalue weighted by Gasteiger charge is 2.48. The number of ether oxygens (including phenoxy) is 2. The first-order valence-corrected chi connectivity index (χ1v) is 8.18. The number of esters is 1. The zero-order valence-electron chi connectivity index (χ0n) is 13.7. The van der Waals surface area contributed by atoms with Gasteiger partial charge in [0, 0.05) is 19.7 Å². The van der Waals surface area contributed by atoms with E-state index in [0.29, 0.717) is 5.92 Å². The van der Waals surface area contributed by atoms with E-state index in [9.17, 15) is 4.79 Å². The fourth-order valence-corrected chi connectivity index (χ4v) is 3.80. The van der Waals surface area contributed by atoms with Crippen molar-refractivity contribution in [1.29, 1.82) is 0 Å². The molecule has 0 amide bonds. The highest BCUT2D eigenvalue weighted by atomic mass is 16.5. The molecular weight excluding hydrogens is 268 g/mol. The van der Waals surface area contributed by atoms with Crippen molar-refractivity contribution >= 4 is 5.97 Å². The first kappa shape index (κ1) is 16.7. The van der Waals surface area contributed by atoms with E-state index in [1.165, 1.54) is 20.0 Å². The number of nitrogens with one attached hydrogen (secondary N) is 1. The quantitative estimate of drug-likeness (QED) is 0.652. The number of methoxy groups -OCH3 is 2. The zero-order chi connectivity index (χ0) is 15.3. The molecule has 2 aliphatic rings. The molecule has 0 heterocycles. The number of hydrogen-bond acceptors (Lipinski definition) is 5. The van der Waals surface area contributed by atoms with E-state index in [1.54, 1.807) is 7.11 Å². The molecule has 0 radical (unpaired) electrons. The van der Waals surface area contributed by atoms with E-state index in [4.69, 9.17) is 9.47 Å². The molecule has 0 aliphatic heterocycles. The van der Waals surface area contributed by atoms with Crippen molar-refractivity contribution in [1.82, 2.24) is 10.2 Å². The van der Waals surface area contributed by atoms with Gasteiger partial charge in [-0.3, -0.25) is 9.69 Å². The Morgan fingerprint density at radius 3 is 2.62 bits per heavy atom. The van der Waals surface area contributed by atoms with Crippen LogP contribution in [0.2, 0.25) is 0 Å². The SMILES string of the molecule is CNC1(C(=O)OC)CCCC1CCN(CCOC)C1CC1. The van der Waals surface area contributed by atoms with Crippen LogP contribution in [0.1, 0.15) is 38.5 Å². The number of nitrogens with zero attached hydrogens (tertiary/aromatic N) is 1. The first-order chi connectivity index (χ1) is 10.2. The van der Waals surface area contributed by atoms with Crippen LogP contribution in [-0.2, 0) is 14.3 Å². The summed E-state index contributed by atoms with van der Waals surface area (Å²) in [7, 11) is 5.13. The Kier molecular flexibility index (Phi) is 6.02. The van der Waals surface area contributed by atoms with Gasteiger partial charge in [-0.2, -0.15) is 0 Å². The van der Waals surface area contributed by atoms with Gasteiger partial charge >= 0.3 is 5.97 Å². The standard InChI is InChI=1S/C16H30N2O3/c1-17-16(15(19)21-3)9-4-5-13(16)8-10-18(11-12-20-2)14-6-7-14/h13-14,17H,4-12H2,1-3H3. The van der Waals surface area contributed by atoms with E-state index >= 15 is 0 Å². The molecule has 2 saturated carbocycles.